The van der Waals surface area contributed by atoms with E-state index in [0.717, 1.165) is 45.1 Å². The van der Waals surface area contributed by atoms with Crippen LogP contribution in [-0.2, 0) is 4.74 Å². The third-order valence-electron chi connectivity index (χ3n) is 5.19. The van der Waals surface area contributed by atoms with Gasteiger partial charge in [-0.05, 0) is 24.3 Å². The molecule has 1 fully saturated rings. The van der Waals surface area contributed by atoms with E-state index < -0.39 is 0 Å². The van der Waals surface area contributed by atoms with Crippen LogP contribution in [0.5, 0.6) is 11.8 Å². The molecule has 0 atom stereocenters. The van der Waals surface area contributed by atoms with Crippen LogP contribution < -0.4 is 10.1 Å². The van der Waals surface area contributed by atoms with E-state index in [0.29, 0.717) is 22.7 Å². The third kappa shape index (κ3) is 4.50. The number of nitrogens with one attached hydrogen (secondary N) is 1. The molecule has 0 aliphatic carbocycles. The first-order valence-corrected chi connectivity index (χ1v) is 10.4. The topological polar surface area (TPSA) is 77.3 Å². The fraction of sp³-hybridized carbons (Fsp3) is 0.261. The van der Waals surface area contributed by atoms with Crippen LogP contribution in [0.3, 0.4) is 0 Å². The first-order chi connectivity index (χ1) is 15.4. The van der Waals surface area contributed by atoms with Crippen molar-refractivity contribution >= 4 is 17.0 Å². The van der Waals surface area contributed by atoms with Gasteiger partial charge in [-0.1, -0.05) is 36.4 Å². The lowest BCUT2D eigenvalue weighted by molar-refractivity contribution is 0.0398. The molecule has 3 heterocycles. The lowest BCUT2D eigenvalue weighted by atomic mass is 10.3. The van der Waals surface area contributed by atoms with E-state index in [1.54, 1.807) is 6.33 Å². The number of benzene rings is 2. The molecule has 31 heavy (non-hydrogen) atoms. The number of para-hydroxylation sites is 2. The van der Waals surface area contributed by atoms with Crippen LogP contribution >= 0.6 is 0 Å². The third-order valence-corrected chi connectivity index (χ3v) is 5.19. The summed E-state index contributed by atoms with van der Waals surface area (Å²) in [7, 11) is 0. The maximum Gasteiger partial charge on any atom is 0.326 e. The molecule has 1 aliphatic heterocycles. The fourth-order valence-electron chi connectivity index (χ4n) is 3.58. The van der Waals surface area contributed by atoms with Crippen molar-refractivity contribution in [3.63, 3.8) is 0 Å². The Morgan fingerprint density at radius 2 is 1.68 bits per heavy atom. The summed E-state index contributed by atoms with van der Waals surface area (Å²) < 4.78 is 13.3. The Hall–Kier alpha value is -3.49. The van der Waals surface area contributed by atoms with Crippen molar-refractivity contribution < 1.29 is 9.47 Å². The van der Waals surface area contributed by atoms with Gasteiger partial charge in [-0.2, -0.15) is 9.97 Å². The van der Waals surface area contributed by atoms with Gasteiger partial charge in [0.1, 0.15) is 12.1 Å². The zero-order valence-corrected chi connectivity index (χ0v) is 17.1. The second-order valence-electron chi connectivity index (χ2n) is 7.27. The van der Waals surface area contributed by atoms with Crippen LogP contribution in [0.2, 0.25) is 0 Å². The number of hydrogen-bond acceptors (Lipinski definition) is 7. The molecule has 0 amide bonds. The number of anilines is 1. The molecule has 1 aliphatic rings. The standard InChI is InChI=1S/C23H24N6O2/c1-3-7-18(8-4-1)29-17-25-20-21(24-11-12-28-13-15-30-16-14-28)26-23(27-22(20)29)31-19-9-5-2-6-10-19/h1-10,17H,11-16H2,(H,24,26,27). The molecule has 2 aromatic carbocycles. The maximum atomic E-state index is 5.95. The molecular weight excluding hydrogens is 392 g/mol. The van der Waals surface area contributed by atoms with E-state index in [1.165, 1.54) is 0 Å². The largest absolute Gasteiger partial charge is 0.424 e. The van der Waals surface area contributed by atoms with Gasteiger partial charge in [0.2, 0.25) is 0 Å². The summed E-state index contributed by atoms with van der Waals surface area (Å²) in [5.41, 5.74) is 2.39. The highest BCUT2D eigenvalue weighted by molar-refractivity contribution is 5.84. The highest BCUT2D eigenvalue weighted by Crippen LogP contribution is 2.26. The number of nitrogens with zero attached hydrogens (tertiary/aromatic N) is 5. The maximum absolute atomic E-state index is 5.95. The first kappa shape index (κ1) is 19.5. The van der Waals surface area contributed by atoms with Crippen molar-refractivity contribution in [2.75, 3.05) is 44.7 Å². The van der Waals surface area contributed by atoms with Gasteiger partial charge in [0.25, 0.3) is 0 Å². The Labute approximate surface area is 180 Å². The molecule has 8 nitrogen and oxygen atoms in total. The monoisotopic (exact) mass is 416 g/mol. The molecule has 8 heteroatoms. The van der Waals surface area contributed by atoms with E-state index in [1.807, 2.05) is 65.2 Å². The Bertz CT molecular complexity index is 1130. The summed E-state index contributed by atoms with van der Waals surface area (Å²) in [5.74, 6) is 1.35. The molecule has 4 aromatic rings. The summed E-state index contributed by atoms with van der Waals surface area (Å²) >= 11 is 0. The molecule has 0 unspecified atom stereocenters. The number of fused-ring (bicyclic) bond motifs is 1. The SMILES string of the molecule is c1ccc(Oc2nc(NCCN3CCOCC3)c3ncn(-c4ccccc4)c3n2)cc1. The molecule has 1 saturated heterocycles. The fourth-order valence-corrected chi connectivity index (χ4v) is 3.58. The molecular formula is C23H24N6O2. The van der Waals surface area contributed by atoms with Crippen LogP contribution in [0.4, 0.5) is 5.82 Å². The highest BCUT2D eigenvalue weighted by Gasteiger charge is 2.16. The molecule has 5 rings (SSSR count). The van der Waals surface area contributed by atoms with Crippen molar-refractivity contribution in [1.29, 1.82) is 0 Å². The lowest BCUT2D eigenvalue weighted by Gasteiger charge is -2.26. The predicted octanol–water partition coefficient (Wildman–Crippen LogP) is 3.35. The smallest absolute Gasteiger partial charge is 0.326 e. The minimum absolute atomic E-state index is 0.283. The summed E-state index contributed by atoms with van der Waals surface area (Å²) in [6.45, 7) is 5.12. The number of imidazole rings is 1. The highest BCUT2D eigenvalue weighted by atomic mass is 16.5. The summed E-state index contributed by atoms with van der Waals surface area (Å²) in [6.07, 6.45) is 1.77. The van der Waals surface area contributed by atoms with E-state index in [-0.39, 0.29) is 6.01 Å². The molecule has 2 aromatic heterocycles. The van der Waals surface area contributed by atoms with Crippen molar-refractivity contribution in [1.82, 2.24) is 24.4 Å². The van der Waals surface area contributed by atoms with E-state index in [4.69, 9.17) is 9.47 Å². The van der Waals surface area contributed by atoms with E-state index in [9.17, 15) is 0 Å². The molecule has 0 saturated carbocycles. The minimum Gasteiger partial charge on any atom is -0.424 e. The van der Waals surface area contributed by atoms with Crippen molar-refractivity contribution in [3.05, 3.63) is 67.0 Å². The van der Waals surface area contributed by atoms with Gasteiger partial charge in [-0.15, -0.1) is 0 Å². The van der Waals surface area contributed by atoms with Gasteiger partial charge in [0.15, 0.2) is 17.0 Å². The first-order valence-electron chi connectivity index (χ1n) is 10.4. The number of hydrogen-bond donors (Lipinski definition) is 1. The quantitative estimate of drug-likeness (QED) is 0.495. The Kier molecular flexibility index (Phi) is 5.72. The van der Waals surface area contributed by atoms with Crippen molar-refractivity contribution in [2.45, 2.75) is 0 Å². The number of ether oxygens (including phenoxy) is 2. The van der Waals surface area contributed by atoms with Crippen LogP contribution in [0.1, 0.15) is 0 Å². The lowest BCUT2D eigenvalue weighted by Crippen LogP contribution is -2.39. The summed E-state index contributed by atoms with van der Waals surface area (Å²) in [5, 5.41) is 3.44. The van der Waals surface area contributed by atoms with Crippen LogP contribution in [0.25, 0.3) is 16.9 Å². The number of aromatic nitrogens is 4. The average Bonchev–Trinajstić information content (AvgIpc) is 3.25. The van der Waals surface area contributed by atoms with E-state index >= 15 is 0 Å². The number of morpholine rings is 1. The summed E-state index contributed by atoms with van der Waals surface area (Å²) in [4.78, 5) is 16.3. The Balaban J connectivity index is 1.46. The van der Waals surface area contributed by atoms with Crippen LogP contribution in [0, 0.1) is 0 Å². The van der Waals surface area contributed by atoms with Crippen molar-refractivity contribution in [2.24, 2.45) is 0 Å². The predicted molar refractivity (Wildman–Crippen MR) is 119 cm³/mol. The van der Waals surface area contributed by atoms with Gasteiger partial charge in [0.05, 0.1) is 13.2 Å². The molecule has 0 bridgehead atoms. The normalized spacial score (nSPS) is 14.6. The average molecular weight is 416 g/mol. The zero-order valence-electron chi connectivity index (χ0n) is 17.1. The van der Waals surface area contributed by atoms with Gasteiger partial charge in [-0.3, -0.25) is 9.47 Å². The second-order valence-corrected chi connectivity index (χ2v) is 7.27. The van der Waals surface area contributed by atoms with Crippen molar-refractivity contribution in [3.8, 4) is 17.4 Å². The van der Waals surface area contributed by atoms with Crippen LogP contribution in [0.15, 0.2) is 67.0 Å². The molecule has 158 valence electrons. The Morgan fingerprint density at radius 1 is 0.935 bits per heavy atom. The number of rotatable bonds is 7. The van der Waals surface area contributed by atoms with E-state index in [2.05, 4.69) is 25.2 Å². The van der Waals surface area contributed by atoms with Gasteiger partial charge in [0, 0.05) is 31.9 Å². The zero-order chi connectivity index (χ0) is 20.9. The van der Waals surface area contributed by atoms with Gasteiger partial charge < -0.3 is 14.8 Å². The summed E-state index contributed by atoms with van der Waals surface area (Å²) in [6, 6.07) is 19.8. The Morgan fingerprint density at radius 3 is 2.45 bits per heavy atom. The second kappa shape index (κ2) is 9.11. The molecule has 1 N–H and O–H groups in total. The van der Waals surface area contributed by atoms with Crippen LogP contribution in [-0.4, -0.2) is 63.8 Å². The van der Waals surface area contributed by atoms with Gasteiger partial charge >= 0.3 is 6.01 Å². The van der Waals surface area contributed by atoms with Gasteiger partial charge in [-0.25, -0.2) is 4.98 Å². The molecule has 0 radical (unpaired) electrons. The molecule has 0 spiro atoms. The minimum atomic E-state index is 0.283.